The van der Waals surface area contributed by atoms with Crippen LogP contribution in [0, 0.1) is 0 Å². The molecule has 0 radical (unpaired) electrons. The average Bonchev–Trinajstić information content (AvgIpc) is 3.49. The normalized spacial score (nSPS) is 14.9. The molecule has 1 aliphatic rings. The monoisotopic (exact) mass is 805 g/mol. The van der Waals surface area contributed by atoms with Crippen molar-refractivity contribution in [1.82, 2.24) is 21.3 Å². The van der Waals surface area contributed by atoms with Gasteiger partial charge in [0.15, 0.2) is 10.2 Å². The molecule has 286 valence electrons. The predicted molar refractivity (Wildman–Crippen MR) is 171 cm³/mol. The van der Waals surface area contributed by atoms with E-state index in [1.807, 2.05) is 4.58 Å². The maximum Gasteiger partial charge on any atom is 0.416 e. The second-order valence-electron chi connectivity index (χ2n) is 11.4. The Hall–Kier alpha value is -3.46. The van der Waals surface area contributed by atoms with E-state index in [2.05, 4.69) is 31.9 Å². The Labute approximate surface area is 301 Å². The lowest BCUT2D eigenvalue weighted by Crippen LogP contribution is -3.00. The fourth-order valence-corrected chi connectivity index (χ4v) is 5.30. The van der Waals surface area contributed by atoms with Gasteiger partial charge in [-0.1, -0.05) is 0 Å². The molecule has 0 saturated carbocycles. The molecule has 0 bridgehead atoms. The van der Waals surface area contributed by atoms with E-state index < -0.39 is 70.4 Å². The summed E-state index contributed by atoms with van der Waals surface area (Å²) < 4.78 is 160. The van der Waals surface area contributed by atoms with Gasteiger partial charge >= 0.3 is 30.7 Å². The van der Waals surface area contributed by atoms with Crippen molar-refractivity contribution in [2.45, 2.75) is 63.5 Å². The van der Waals surface area contributed by atoms with Crippen molar-refractivity contribution in [2.24, 2.45) is 0 Å². The van der Waals surface area contributed by atoms with Gasteiger partial charge in [-0.15, -0.1) is 0 Å². The third-order valence-corrected chi connectivity index (χ3v) is 7.46. The van der Waals surface area contributed by atoms with Crippen molar-refractivity contribution in [3.05, 3.63) is 58.7 Å². The van der Waals surface area contributed by atoms with Crippen LogP contribution in [0.5, 0.6) is 0 Å². The van der Waals surface area contributed by atoms with E-state index in [0.717, 1.165) is 12.8 Å². The number of hydrogen-bond acceptors (Lipinski definition) is 2. The second-order valence-corrected chi connectivity index (χ2v) is 12.2. The minimum atomic E-state index is -5.03. The summed E-state index contributed by atoms with van der Waals surface area (Å²) in [6.07, 6.45) is -18.4. The molecule has 3 rings (SSSR count). The van der Waals surface area contributed by atoms with E-state index >= 15 is 0 Å². The number of thiocarbonyl (C=S) groups is 2. The van der Waals surface area contributed by atoms with Gasteiger partial charge in [-0.25, -0.2) is 0 Å². The fourth-order valence-electron chi connectivity index (χ4n) is 4.66. The molecule has 6 N–H and O–H groups in total. The highest BCUT2D eigenvalue weighted by atomic mass is 35.5. The number of alkyl halides is 12. The molecule has 2 atom stereocenters. The van der Waals surface area contributed by atoms with Crippen LogP contribution in [0.15, 0.2) is 36.4 Å². The molecule has 1 heterocycles. The van der Waals surface area contributed by atoms with E-state index in [-0.39, 0.29) is 47.9 Å². The van der Waals surface area contributed by atoms with Crippen LogP contribution in [0.25, 0.3) is 0 Å². The first-order chi connectivity index (χ1) is 22.9. The zero-order valence-corrected chi connectivity index (χ0v) is 28.9. The van der Waals surface area contributed by atoms with Gasteiger partial charge < -0.3 is 33.7 Å². The summed E-state index contributed by atoms with van der Waals surface area (Å²) in [4.78, 5) is 0. The molecule has 0 spiro atoms. The van der Waals surface area contributed by atoms with Crippen molar-refractivity contribution in [3.8, 4) is 0 Å². The number of rotatable bonds is 8. The smallest absolute Gasteiger partial charge is 0.416 e. The molecule has 0 aromatic heterocycles. The third kappa shape index (κ3) is 13.9. The average molecular weight is 806 g/mol. The van der Waals surface area contributed by atoms with Crippen LogP contribution >= 0.6 is 24.4 Å². The Morgan fingerprint density at radius 1 is 0.588 bits per heavy atom. The van der Waals surface area contributed by atoms with Crippen LogP contribution in [-0.4, -0.2) is 59.0 Å². The zero-order valence-electron chi connectivity index (χ0n) is 26.5. The van der Waals surface area contributed by atoms with Gasteiger partial charge in [-0.2, -0.15) is 52.7 Å². The van der Waals surface area contributed by atoms with Crippen LogP contribution in [0.1, 0.15) is 48.9 Å². The van der Waals surface area contributed by atoms with E-state index in [0.29, 0.717) is 43.3 Å². The molecule has 2 aromatic carbocycles. The van der Waals surface area contributed by atoms with Crippen molar-refractivity contribution < 1.29 is 69.7 Å². The highest BCUT2D eigenvalue weighted by molar-refractivity contribution is 7.80. The van der Waals surface area contributed by atoms with Gasteiger partial charge in [0.25, 0.3) is 0 Å². The van der Waals surface area contributed by atoms with Crippen molar-refractivity contribution in [3.63, 3.8) is 0 Å². The maximum atomic E-state index is 13.2. The van der Waals surface area contributed by atoms with E-state index in [9.17, 15) is 52.7 Å². The fraction of sp³-hybridized carbons (Fsp3) is 0.483. The van der Waals surface area contributed by atoms with Gasteiger partial charge in [-0.05, 0) is 87.5 Å². The van der Waals surface area contributed by atoms with Crippen LogP contribution in [0.3, 0.4) is 0 Å². The number of nitrogens with one attached hydrogen (secondary N) is 6. The molecule has 51 heavy (non-hydrogen) atoms. The molecular weight excluding hydrogens is 774 g/mol. The number of anilines is 2. The van der Waals surface area contributed by atoms with E-state index in [1.165, 1.54) is 0 Å². The molecule has 0 unspecified atom stereocenters. The van der Waals surface area contributed by atoms with E-state index in [4.69, 9.17) is 24.4 Å². The first-order valence-corrected chi connectivity index (χ1v) is 15.6. The first-order valence-electron chi connectivity index (χ1n) is 14.8. The lowest BCUT2D eigenvalue weighted by Gasteiger charge is -2.20. The SMILES string of the molecule is C[C@@H](CNC(NC[C@H](C)NC(=S)Nc1cc(C(F)(F)F)cc(C(F)(F)F)c1)=[N+]1CCCC1)NC(=S)Nc1cc(C(F)(F)F)cc(C(F)(F)F)c1.[Cl-]. The number of halogens is 13. The number of benzene rings is 2. The Kier molecular flexibility index (Phi) is 14.9. The Bertz CT molecular complexity index is 1380. The van der Waals surface area contributed by atoms with Crippen LogP contribution < -0.4 is 44.3 Å². The van der Waals surface area contributed by atoms with Crippen LogP contribution in [0.4, 0.5) is 64.1 Å². The number of guanidine groups is 1. The Balaban J connectivity index is 0.00000901. The van der Waals surface area contributed by atoms with E-state index in [1.54, 1.807) is 13.8 Å². The summed E-state index contributed by atoms with van der Waals surface area (Å²) in [6, 6.07) is 1.03. The summed E-state index contributed by atoms with van der Waals surface area (Å²) in [6.45, 7) is 5.01. The largest absolute Gasteiger partial charge is 1.00 e. The molecule has 7 nitrogen and oxygen atoms in total. The number of nitrogens with zero attached hydrogens (tertiary/aromatic N) is 1. The minimum Gasteiger partial charge on any atom is -1.00 e. The summed E-state index contributed by atoms with van der Waals surface area (Å²) in [5.74, 6) is 0.558. The van der Waals surface area contributed by atoms with Crippen molar-refractivity contribution in [1.29, 1.82) is 0 Å². The van der Waals surface area contributed by atoms with Crippen molar-refractivity contribution in [2.75, 3.05) is 36.8 Å². The highest BCUT2D eigenvalue weighted by Crippen LogP contribution is 2.39. The zero-order chi connectivity index (χ0) is 37.7. The topological polar surface area (TPSA) is 75.2 Å². The molecule has 1 fully saturated rings. The highest BCUT2D eigenvalue weighted by Gasteiger charge is 2.38. The standard InChI is InChI=1S/C29H31F12N7S2.ClH/c1-15(44-24(49)46-21-9-17(26(30,31)32)7-18(10-21)27(33,34)35)13-42-23(48-5-3-4-6-48)43-14-16(2)45-25(50)47-22-11-19(28(36,37)38)8-20(12-22)29(39,40)41;/h7-12,15-16H,3-6,13-14H2,1-2H3,(H5,42,43,44,45,46,47,49,50);1H/t15-,16-;/m0./s1. The third-order valence-electron chi connectivity index (χ3n) is 7.02. The van der Waals surface area contributed by atoms with Gasteiger partial charge in [0.05, 0.1) is 60.5 Å². The molecule has 2 aromatic rings. The second kappa shape index (κ2) is 17.4. The predicted octanol–water partition coefficient (Wildman–Crippen LogP) is 4.16. The van der Waals surface area contributed by atoms with Crippen molar-refractivity contribution >= 4 is 52.0 Å². The molecule has 1 saturated heterocycles. The Morgan fingerprint density at radius 2 is 0.882 bits per heavy atom. The first kappa shape index (κ1) is 43.7. The lowest BCUT2D eigenvalue weighted by atomic mass is 10.1. The minimum absolute atomic E-state index is 0. The quantitative estimate of drug-likeness (QED) is 0.103. The van der Waals surface area contributed by atoms with Gasteiger partial charge in [-0.3, -0.25) is 15.2 Å². The van der Waals surface area contributed by atoms with Crippen LogP contribution in [-0.2, 0) is 24.7 Å². The molecule has 0 aliphatic carbocycles. The van der Waals surface area contributed by atoms with Gasteiger partial charge in [0, 0.05) is 11.4 Å². The molecule has 1 aliphatic heterocycles. The molecular formula is C29H32ClF12N7S2. The molecule has 22 heteroatoms. The summed E-state index contributed by atoms with van der Waals surface area (Å²) in [5, 5.41) is 16.2. The number of hydrogen-bond donors (Lipinski definition) is 6. The van der Waals surface area contributed by atoms with Gasteiger partial charge in [0.2, 0.25) is 0 Å². The van der Waals surface area contributed by atoms with Gasteiger partial charge in [0.1, 0.15) is 0 Å². The summed E-state index contributed by atoms with van der Waals surface area (Å²) >= 11 is 10.2. The van der Waals surface area contributed by atoms with Crippen LogP contribution in [0.2, 0.25) is 0 Å². The summed E-state index contributed by atoms with van der Waals surface area (Å²) in [7, 11) is 0. The lowest BCUT2D eigenvalue weighted by molar-refractivity contribution is -0.510. The Morgan fingerprint density at radius 3 is 1.16 bits per heavy atom. The summed E-state index contributed by atoms with van der Waals surface area (Å²) in [5.41, 5.74) is -7.05. The molecule has 0 amide bonds. The maximum absolute atomic E-state index is 13.2.